The predicted molar refractivity (Wildman–Crippen MR) is 118 cm³/mol. The maximum absolute atomic E-state index is 6.11. The summed E-state index contributed by atoms with van der Waals surface area (Å²) in [4.78, 5) is 14.5. The van der Waals surface area contributed by atoms with Crippen LogP contribution in [0.5, 0.6) is 0 Å². The molecule has 3 heterocycles. The van der Waals surface area contributed by atoms with Crippen LogP contribution in [-0.2, 0) is 0 Å². The van der Waals surface area contributed by atoms with Gasteiger partial charge in [-0.05, 0) is 49.2 Å². The van der Waals surface area contributed by atoms with Crippen LogP contribution in [0.25, 0.3) is 20.4 Å². The van der Waals surface area contributed by atoms with Gasteiger partial charge in [0.15, 0.2) is 10.3 Å². The van der Waals surface area contributed by atoms with E-state index >= 15 is 0 Å². The fourth-order valence-corrected chi connectivity index (χ4v) is 6.09. The van der Waals surface area contributed by atoms with E-state index in [0.717, 1.165) is 57.2 Å². The molecule has 1 aliphatic rings. The second-order valence-corrected chi connectivity index (χ2v) is 9.46. The molecular weight excluding hydrogens is 396 g/mol. The zero-order valence-electron chi connectivity index (χ0n) is 15.2. The van der Waals surface area contributed by atoms with E-state index in [1.54, 1.807) is 22.7 Å². The zero-order chi connectivity index (χ0) is 18.5. The molecule has 0 amide bonds. The molecule has 0 radical (unpaired) electrons. The lowest BCUT2D eigenvalue weighted by Gasteiger charge is -2.34. The van der Waals surface area contributed by atoms with E-state index < -0.39 is 0 Å². The number of hydrogen-bond acceptors (Lipinski definition) is 6. The van der Waals surface area contributed by atoms with Crippen LogP contribution in [0.1, 0.15) is 11.1 Å². The van der Waals surface area contributed by atoms with Gasteiger partial charge in [0.2, 0.25) is 0 Å². The normalized spacial score (nSPS) is 15.2. The first kappa shape index (κ1) is 17.2. The Kier molecular flexibility index (Phi) is 4.22. The highest BCUT2D eigenvalue weighted by molar-refractivity contribution is 7.22. The van der Waals surface area contributed by atoms with E-state index in [4.69, 9.17) is 21.6 Å². The highest BCUT2D eigenvalue weighted by Crippen LogP contribution is 2.34. The van der Waals surface area contributed by atoms with Gasteiger partial charge in [0.25, 0.3) is 0 Å². The van der Waals surface area contributed by atoms with Gasteiger partial charge < -0.3 is 9.80 Å². The fraction of sp³-hybridized carbons (Fsp3) is 0.300. The molecule has 0 aliphatic carbocycles. The summed E-state index contributed by atoms with van der Waals surface area (Å²) in [6.45, 7) is 8.15. The summed E-state index contributed by atoms with van der Waals surface area (Å²) in [6.07, 6.45) is 0. The molecule has 4 nitrogen and oxygen atoms in total. The molecule has 0 atom stereocenters. The lowest BCUT2D eigenvalue weighted by Crippen LogP contribution is -2.46. The van der Waals surface area contributed by atoms with Gasteiger partial charge in [-0.2, -0.15) is 0 Å². The molecule has 27 heavy (non-hydrogen) atoms. The Morgan fingerprint density at radius 3 is 2.26 bits per heavy atom. The summed E-state index contributed by atoms with van der Waals surface area (Å²) in [5.41, 5.74) is 4.74. The summed E-state index contributed by atoms with van der Waals surface area (Å²) < 4.78 is 2.44. The maximum atomic E-state index is 6.11. The summed E-state index contributed by atoms with van der Waals surface area (Å²) in [7, 11) is 0. The molecule has 7 heteroatoms. The van der Waals surface area contributed by atoms with E-state index in [9.17, 15) is 0 Å². The van der Waals surface area contributed by atoms with Crippen molar-refractivity contribution in [1.82, 2.24) is 9.97 Å². The maximum Gasteiger partial charge on any atom is 0.186 e. The first-order chi connectivity index (χ1) is 13.1. The third-order valence-electron chi connectivity index (χ3n) is 4.98. The summed E-state index contributed by atoms with van der Waals surface area (Å²) >= 11 is 9.63. The van der Waals surface area contributed by atoms with Crippen molar-refractivity contribution in [3.8, 4) is 0 Å². The van der Waals surface area contributed by atoms with E-state index in [1.165, 1.54) is 15.8 Å². The van der Waals surface area contributed by atoms with Crippen molar-refractivity contribution in [3.63, 3.8) is 0 Å². The predicted octanol–water partition coefficient (Wildman–Crippen LogP) is 5.50. The number of rotatable bonds is 2. The Bertz CT molecular complexity index is 1140. The average molecular weight is 415 g/mol. The Labute approximate surface area is 171 Å². The first-order valence-corrected chi connectivity index (χ1v) is 11.0. The minimum atomic E-state index is 0.767. The SMILES string of the molecule is Cc1cc(C)c2nc(N3CCN(c4nc5ccc(Cl)cc5s4)CC3)sc2c1. The average Bonchev–Trinajstić information content (AvgIpc) is 3.25. The van der Waals surface area contributed by atoms with Crippen LogP contribution >= 0.6 is 34.3 Å². The molecule has 1 fully saturated rings. The van der Waals surface area contributed by atoms with Gasteiger partial charge >= 0.3 is 0 Å². The highest BCUT2D eigenvalue weighted by Gasteiger charge is 2.22. The number of aromatic nitrogens is 2. The third-order valence-corrected chi connectivity index (χ3v) is 7.36. The second kappa shape index (κ2) is 6.62. The number of anilines is 2. The minimum Gasteiger partial charge on any atom is -0.345 e. The monoisotopic (exact) mass is 414 g/mol. The van der Waals surface area contributed by atoms with Gasteiger partial charge in [-0.3, -0.25) is 0 Å². The molecule has 1 saturated heterocycles. The van der Waals surface area contributed by atoms with Crippen LogP contribution in [0.2, 0.25) is 5.02 Å². The molecule has 0 N–H and O–H groups in total. The molecule has 0 bridgehead atoms. The molecule has 0 saturated carbocycles. The second-order valence-electron chi connectivity index (χ2n) is 7.01. The molecule has 2 aromatic carbocycles. The number of benzene rings is 2. The molecule has 0 unspecified atom stereocenters. The standard InChI is InChI=1S/C20H19ClN4S2/c1-12-9-13(2)18-17(10-12)27-20(23-18)25-7-5-24(6-8-25)19-22-15-4-3-14(21)11-16(15)26-19/h3-4,9-11H,5-8H2,1-2H3. The van der Waals surface area contributed by atoms with Crippen LogP contribution in [-0.4, -0.2) is 36.1 Å². The molecule has 138 valence electrons. The van der Waals surface area contributed by atoms with Crippen molar-refractivity contribution in [2.45, 2.75) is 13.8 Å². The van der Waals surface area contributed by atoms with Gasteiger partial charge in [0, 0.05) is 31.2 Å². The van der Waals surface area contributed by atoms with Gasteiger partial charge in [-0.1, -0.05) is 40.3 Å². The molecule has 5 rings (SSSR count). The van der Waals surface area contributed by atoms with Gasteiger partial charge in [0.1, 0.15) is 0 Å². The largest absolute Gasteiger partial charge is 0.345 e. The third kappa shape index (κ3) is 3.16. The number of nitrogens with zero attached hydrogens (tertiary/aromatic N) is 4. The number of thiazole rings is 2. The Morgan fingerprint density at radius 1 is 0.852 bits per heavy atom. The van der Waals surface area contributed by atoms with E-state index in [1.807, 2.05) is 18.2 Å². The van der Waals surface area contributed by atoms with Crippen LogP contribution in [0.3, 0.4) is 0 Å². The van der Waals surface area contributed by atoms with Crippen LogP contribution in [0.4, 0.5) is 10.3 Å². The van der Waals surface area contributed by atoms with Crippen LogP contribution in [0, 0.1) is 13.8 Å². The lowest BCUT2D eigenvalue weighted by atomic mass is 10.1. The van der Waals surface area contributed by atoms with Crippen molar-refractivity contribution in [3.05, 3.63) is 46.5 Å². The summed E-state index contributed by atoms with van der Waals surface area (Å²) in [5.74, 6) is 0. The van der Waals surface area contributed by atoms with E-state index in [-0.39, 0.29) is 0 Å². The Morgan fingerprint density at radius 2 is 1.52 bits per heavy atom. The van der Waals surface area contributed by atoms with Crippen molar-refractivity contribution >= 4 is 65.0 Å². The van der Waals surface area contributed by atoms with Crippen molar-refractivity contribution in [1.29, 1.82) is 0 Å². The van der Waals surface area contributed by atoms with Crippen molar-refractivity contribution < 1.29 is 0 Å². The Balaban J connectivity index is 1.35. The topological polar surface area (TPSA) is 32.3 Å². The highest BCUT2D eigenvalue weighted by atomic mass is 35.5. The lowest BCUT2D eigenvalue weighted by molar-refractivity contribution is 0.651. The smallest absolute Gasteiger partial charge is 0.186 e. The number of piperazine rings is 1. The summed E-state index contributed by atoms with van der Waals surface area (Å²) in [5, 5.41) is 2.99. The zero-order valence-corrected chi connectivity index (χ0v) is 17.6. The number of aryl methyl sites for hydroxylation is 2. The molecular formula is C20H19ClN4S2. The van der Waals surface area contributed by atoms with Crippen LogP contribution < -0.4 is 9.80 Å². The van der Waals surface area contributed by atoms with Crippen molar-refractivity contribution in [2.24, 2.45) is 0 Å². The molecule has 4 aromatic rings. The summed E-state index contributed by atoms with van der Waals surface area (Å²) in [6, 6.07) is 10.4. The Hall–Kier alpha value is -1.89. The molecule has 1 aliphatic heterocycles. The van der Waals surface area contributed by atoms with Crippen LogP contribution in [0.15, 0.2) is 30.3 Å². The van der Waals surface area contributed by atoms with Gasteiger partial charge in [0.05, 0.1) is 20.4 Å². The fourth-order valence-electron chi connectivity index (χ4n) is 3.60. The number of halogens is 1. The van der Waals surface area contributed by atoms with Crippen molar-refractivity contribution in [2.75, 3.05) is 36.0 Å². The van der Waals surface area contributed by atoms with E-state index in [0.29, 0.717) is 0 Å². The quantitative estimate of drug-likeness (QED) is 0.433. The molecule has 0 spiro atoms. The molecule has 2 aromatic heterocycles. The van der Waals surface area contributed by atoms with E-state index in [2.05, 4.69) is 35.8 Å². The minimum absolute atomic E-state index is 0.767. The number of hydrogen-bond donors (Lipinski definition) is 0. The number of fused-ring (bicyclic) bond motifs is 2. The van der Waals surface area contributed by atoms with Gasteiger partial charge in [-0.15, -0.1) is 0 Å². The first-order valence-electron chi connectivity index (χ1n) is 9.00. The van der Waals surface area contributed by atoms with Gasteiger partial charge in [-0.25, -0.2) is 9.97 Å².